The lowest BCUT2D eigenvalue weighted by atomic mass is 10.3. The fraction of sp³-hybridized carbons (Fsp3) is 0.500. The molecule has 1 amide bonds. The van der Waals surface area contributed by atoms with Gasteiger partial charge in [-0.15, -0.1) is 11.3 Å². The molecule has 0 radical (unpaired) electrons. The number of sulfonamides is 1. The molecule has 1 saturated heterocycles. The van der Waals surface area contributed by atoms with Crippen LogP contribution in [0.15, 0.2) is 16.3 Å². The van der Waals surface area contributed by atoms with Crippen molar-refractivity contribution in [2.45, 2.75) is 30.7 Å². The normalized spacial score (nSPS) is 17.2. The van der Waals surface area contributed by atoms with Crippen LogP contribution in [0.5, 0.6) is 0 Å². The number of carbonyl (C=O) groups is 2. The van der Waals surface area contributed by atoms with Crippen LogP contribution in [0.25, 0.3) is 0 Å². The number of nitrogens with one attached hydrogen (secondary N) is 1. The van der Waals surface area contributed by atoms with E-state index >= 15 is 0 Å². The average Bonchev–Trinajstić information content (AvgIpc) is 2.98. The van der Waals surface area contributed by atoms with Gasteiger partial charge in [0.05, 0.1) is 0 Å². The van der Waals surface area contributed by atoms with E-state index in [-0.39, 0.29) is 22.2 Å². The molecule has 116 valence electrons. The summed E-state index contributed by atoms with van der Waals surface area (Å²) in [5, 5.41) is 10.4. The Balaban J connectivity index is 2.08. The van der Waals surface area contributed by atoms with Crippen LogP contribution in [0.3, 0.4) is 0 Å². The predicted molar refractivity (Wildman–Crippen MR) is 76.9 cm³/mol. The second-order valence-electron chi connectivity index (χ2n) is 4.88. The molecule has 1 aromatic rings. The van der Waals surface area contributed by atoms with Crippen LogP contribution in [0.4, 0.5) is 0 Å². The second-order valence-corrected chi connectivity index (χ2v) is 7.48. The summed E-state index contributed by atoms with van der Waals surface area (Å²) in [5.41, 5.74) is 0. The molecular weight excluding hydrogens is 316 g/mol. The number of hydrogen-bond donors (Lipinski definition) is 2. The van der Waals surface area contributed by atoms with Crippen molar-refractivity contribution in [1.82, 2.24) is 9.62 Å². The standard InChI is InChI=1S/C12H16N2O5S2/c1-8(7-14-5-2-3-10(14)15)13-21(18,19)9-4-6-20-11(9)12(16)17/h4,6,8,13H,2-3,5,7H2,1H3,(H,16,17). The summed E-state index contributed by atoms with van der Waals surface area (Å²) in [4.78, 5) is 23.7. The van der Waals surface area contributed by atoms with Crippen LogP contribution in [0, 0.1) is 0 Å². The Hall–Kier alpha value is -1.45. The predicted octanol–water partition coefficient (Wildman–Crippen LogP) is 0.736. The quantitative estimate of drug-likeness (QED) is 0.799. The Morgan fingerprint density at radius 2 is 2.29 bits per heavy atom. The molecule has 2 heterocycles. The van der Waals surface area contributed by atoms with Gasteiger partial charge in [-0.05, 0) is 24.8 Å². The number of thiophene rings is 1. The van der Waals surface area contributed by atoms with Crippen molar-refractivity contribution in [1.29, 1.82) is 0 Å². The number of hydrogen-bond acceptors (Lipinski definition) is 5. The molecule has 0 aliphatic carbocycles. The number of rotatable bonds is 6. The van der Waals surface area contributed by atoms with E-state index in [2.05, 4.69) is 4.72 Å². The van der Waals surface area contributed by atoms with E-state index in [9.17, 15) is 18.0 Å². The lowest BCUT2D eigenvalue weighted by molar-refractivity contribution is -0.127. The average molecular weight is 332 g/mol. The highest BCUT2D eigenvalue weighted by atomic mass is 32.2. The first-order valence-electron chi connectivity index (χ1n) is 6.42. The van der Waals surface area contributed by atoms with Gasteiger partial charge in [-0.25, -0.2) is 17.9 Å². The van der Waals surface area contributed by atoms with Gasteiger partial charge in [0.2, 0.25) is 15.9 Å². The van der Waals surface area contributed by atoms with Crippen LogP contribution in [0.2, 0.25) is 0 Å². The van der Waals surface area contributed by atoms with Crippen LogP contribution >= 0.6 is 11.3 Å². The fourth-order valence-corrected chi connectivity index (χ4v) is 4.75. The number of nitrogens with zero attached hydrogens (tertiary/aromatic N) is 1. The molecule has 0 aromatic carbocycles. The van der Waals surface area contributed by atoms with E-state index in [0.29, 0.717) is 13.0 Å². The van der Waals surface area contributed by atoms with E-state index in [0.717, 1.165) is 17.8 Å². The summed E-state index contributed by atoms with van der Waals surface area (Å²) in [6, 6.07) is 0.781. The van der Waals surface area contributed by atoms with Crippen LogP contribution in [-0.2, 0) is 14.8 Å². The van der Waals surface area contributed by atoms with Crippen LogP contribution in [-0.4, -0.2) is 49.4 Å². The van der Waals surface area contributed by atoms with Crippen molar-refractivity contribution >= 4 is 33.2 Å². The second kappa shape index (κ2) is 6.12. The van der Waals surface area contributed by atoms with Crippen LogP contribution in [0.1, 0.15) is 29.4 Å². The third-order valence-corrected chi connectivity index (χ3v) is 5.80. The van der Waals surface area contributed by atoms with Gasteiger partial charge in [-0.2, -0.15) is 0 Å². The molecule has 1 aliphatic heterocycles. The lowest BCUT2D eigenvalue weighted by Crippen LogP contribution is -2.42. The molecule has 2 N–H and O–H groups in total. The van der Waals surface area contributed by atoms with E-state index in [1.54, 1.807) is 11.8 Å². The van der Waals surface area contributed by atoms with E-state index < -0.39 is 22.0 Å². The zero-order chi connectivity index (χ0) is 15.6. The highest BCUT2D eigenvalue weighted by molar-refractivity contribution is 7.89. The van der Waals surface area contributed by atoms with Crippen molar-refractivity contribution in [3.63, 3.8) is 0 Å². The zero-order valence-electron chi connectivity index (χ0n) is 11.4. The number of likely N-dealkylation sites (tertiary alicyclic amines) is 1. The number of carboxylic acid groups (broad SMARTS) is 1. The largest absolute Gasteiger partial charge is 0.477 e. The molecule has 0 bridgehead atoms. The molecule has 9 heteroatoms. The summed E-state index contributed by atoms with van der Waals surface area (Å²) in [6.07, 6.45) is 1.28. The summed E-state index contributed by atoms with van der Waals surface area (Å²) in [7, 11) is -3.91. The van der Waals surface area contributed by atoms with E-state index in [4.69, 9.17) is 5.11 Å². The summed E-state index contributed by atoms with van der Waals surface area (Å²) < 4.78 is 26.8. The molecule has 1 unspecified atom stereocenters. The molecule has 21 heavy (non-hydrogen) atoms. The van der Waals surface area contributed by atoms with Crippen molar-refractivity contribution in [2.75, 3.05) is 13.1 Å². The Kier molecular flexibility index (Phi) is 4.64. The maximum absolute atomic E-state index is 12.2. The minimum Gasteiger partial charge on any atom is -0.477 e. The fourth-order valence-electron chi connectivity index (χ4n) is 2.26. The minimum atomic E-state index is -3.91. The molecule has 1 fully saturated rings. The van der Waals surface area contributed by atoms with Crippen molar-refractivity contribution in [3.8, 4) is 0 Å². The lowest BCUT2D eigenvalue weighted by Gasteiger charge is -2.21. The van der Waals surface area contributed by atoms with E-state index in [1.807, 2.05) is 0 Å². The Bertz CT molecular complexity index is 652. The third-order valence-electron chi connectivity index (χ3n) is 3.13. The van der Waals surface area contributed by atoms with Crippen molar-refractivity contribution < 1.29 is 23.1 Å². The first-order valence-corrected chi connectivity index (χ1v) is 8.78. The molecule has 1 aliphatic rings. The smallest absolute Gasteiger partial charge is 0.347 e. The summed E-state index contributed by atoms with van der Waals surface area (Å²) in [6.45, 7) is 2.56. The van der Waals surface area contributed by atoms with Gasteiger partial charge in [0.15, 0.2) is 0 Å². The maximum Gasteiger partial charge on any atom is 0.347 e. The summed E-state index contributed by atoms with van der Waals surface area (Å²) >= 11 is 0.862. The molecular formula is C12H16N2O5S2. The highest BCUT2D eigenvalue weighted by Crippen LogP contribution is 2.22. The topological polar surface area (TPSA) is 104 Å². The van der Waals surface area contributed by atoms with Gasteiger partial charge in [-0.3, -0.25) is 4.79 Å². The Morgan fingerprint density at radius 3 is 2.86 bits per heavy atom. The van der Waals surface area contributed by atoms with Gasteiger partial charge in [-0.1, -0.05) is 0 Å². The van der Waals surface area contributed by atoms with Gasteiger partial charge < -0.3 is 10.0 Å². The van der Waals surface area contributed by atoms with Gasteiger partial charge in [0.1, 0.15) is 9.77 Å². The molecule has 0 saturated carbocycles. The van der Waals surface area contributed by atoms with Crippen molar-refractivity contribution in [3.05, 3.63) is 16.3 Å². The van der Waals surface area contributed by atoms with Crippen molar-refractivity contribution in [2.24, 2.45) is 0 Å². The minimum absolute atomic E-state index is 0.0165. The van der Waals surface area contributed by atoms with Crippen LogP contribution < -0.4 is 4.72 Å². The SMILES string of the molecule is CC(CN1CCCC1=O)NS(=O)(=O)c1ccsc1C(=O)O. The van der Waals surface area contributed by atoms with Gasteiger partial charge in [0, 0.05) is 25.6 Å². The monoisotopic (exact) mass is 332 g/mol. The Labute approximate surface area is 126 Å². The van der Waals surface area contributed by atoms with E-state index in [1.165, 1.54) is 11.4 Å². The Morgan fingerprint density at radius 1 is 1.57 bits per heavy atom. The van der Waals surface area contributed by atoms with Gasteiger partial charge in [0.25, 0.3) is 0 Å². The first kappa shape index (κ1) is 15.9. The first-order chi connectivity index (χ1) is 9.81. The third kappa shape index (κ3) is 3.60. The number of carboxylic acids is 1. The summed E-state index contributed by atoms with van der Waals surface area (Å²) in [5.74, 6) is -1.25. The molecule has 2 rings (SSSR count). The molecule has 1 atom stereocenters. The molecule has 1 aromatic heterocycles. The molecule has 0 spiro atoms. The van der Waals surface area contributed by atoms with Gasteiger partial charge >= 0.3 is 5.97 Å². The zero-order valence-corrected chi connectivity index (χ0v) is 13.0. The molecule has 7 nitrogen and oxygen atoms in total. The number of amides is 1. The number of aromatic carboxylic acids is 1. The highest BCUT2D eigenvalue weighted by Gasteiger charge is 2.27. The number of carbonyl (C=O) groups excluding carboxylic acids is 1. The maximum atomic E-state index is 12.2.